The molecule has 0 aromatic carbocycles. The number of aliphatic hydroxyl groups is 1. The van der Waals surface area contributed by atoms with Gasteiger partial charge in [-0.15, -0.1) is 0 Å². The van der Waals surface area contributed by atoms with Crippen LogP contribution in [0.15, 0.2) is 0 Å². The summed E-state index contributed by atoms with van der Waals surface area (Å²) in [6.45, 7) is 4.58. The Hall–Kier alpha value is -0.120. The fourth-order valence-corrected chi connectivity index (χ4v) is 5.09. The van der Waals surface area contributed by atoms with E-state index in [1.807, 2.05) is 0 Å². The van der Waals surface area contributed by atoms with Crippen molar-refractivity contribution in [1.29, 1.82) is 0 Å². The first-order chi connectivity index (χ1) is 8.48. The predicted octanol–water partition coefficient (Wildman–Crippen LogP) is 0.615. The van der Waals surface area contributed by atoms with Gasteiger partial charge in [-0.3, -0.25) is 0 Å². The standard InChI is InChI=1S/C15H28N2O/c1-15(2)7-11-13(12(18)8-15)14(16)9-5-3-4-6-10(9)17-11/h9-14,17-18H,3-8,16H2,1-2H3/p+1. The van der Waals surface area contributed by atoms with Crippen molar-refractivity contribution in [2.75, 3.05) is 0 Å². The molecule has 0 amide bonds. The van der Waals surface area contributed by atoms with E-state index in [9.17, 15) is 5.11 Å². The molecule has 0 aromatic rings. The van der Waals surface area contributed by atoms with E-state index >= 15 is 0 Å². The van der Waals surface area contributed by atoms with Crippen LogP contribution in [0.25, 0.3) is 0 Å². The van der Waals surface area contributed by atoms with Crippen molar-refractivity contribution < 1.29 is 10.4 Å². The maximum absolute atomic E-state index is 10.5. The van der Waals surface area contributed by atoms with E-state index in [4.69, 9.17) is 5.73 Å². The van der Waals surface area contributed by atoms with Crippen LogP contribution in [-0.4, -0.2) is 29.3 Å². The molecule has 1 heterocycles. The van der Waals surface area contributed by atoms with Crippen molar-refractivity contribution in [2.24, 2.45) is 23.0 Å². The lowest BCUT2D eigenvalue weighted by Crippen LogP contribution is -3.02. The molecule has 3 rings (SSSR count). The van der Waals surface area contributed by atoms with Crippen LogP contribution < -0.4 is 11.1 Å². The number of hydrogen-bond donors (Lipinski definition) is 3. The highest BCUT2D eigenvalue weighted by molar-refractivity contribution is 5.01. The maximum Gasteiger partial charge on any atom is 0.0935 e. The monoisotopic (exact) mass is 253 g/mol. The van der Waals surface area contributed by atoms with Gasteiger partial charge in [-0.1, -0.05) is 20.3 Å². The lowest BCUT2D eigenvalue weighted by molar-refractivity contribution is -0.751. The molecule has 5 N–H and O–H groups in total. The molecule has 0 radical (unpaired) electrons. The minimum atomic E-state index is -0.187. The van der Waals surface area contributed by atoms with Crippen LogP contribution in [-0.2, 0) is 0 Å². The predicted molar refractivity (Wildman–Crippen MR) is 71.9 cm³/mol. The molecule has 1 saturated heterocycles. The van der Waals surface area contributed by atoms with Gasteiger partial charge in [0.15, 0.2) is 0 Å². The van der Waals surface area contributed by atoms with E-state index < -0.39 is 0 Å². The Balaban J connectivity index is 1.81. The molecule has 1 aliphatic heterocycles. The third-order valence-electron chi connectivity index (χ3n) is 5.80. The van der Waals surface area contributed by atoms with Gasteiger partial charge >= 0.3 is 0 Å². The highest BCUT2D eigenvalue weighted by Crippen LogP contribution is 2.42. The van der Waals surface area contributed by atoms with Crippen LogP contribution in [0.4, 0.5) is 0 Å². The van der Waals surface area contributed by atoms with Gasteiger partial charge in [-0.05, 0) is 31.1 Å². The molecule has 6 unspecified atom stereocenters. The van der Waals surface area contributed by atoms with E-state index in [-0.39, 0.29) is 17.6 Å². The summed E-state index contributed by atoms with van der Waals surface area (Å²) in [6, 6.07) is 1.52. The topological polar surface area (TPSA) is 62.9 Å². The third kappa shape index (κ3) is 2.10. The van der Waals surface area contributed by atoms with Gasteiger partial charge < -0.3 is 16.2 Å². The second-order valence-electron chi connectivity index (χ2n) is 7.76. The van der Waals surface area contributed by atoms with Gasteiger partial charge in [0.25, 0.3) is 0 Å². The Morgan fingerprint density at radius 3 is 2.61 bits per heavy atom. The average molecular weight is 253 g/mol. The van der Waals surface area contributed by atoms with Crippen molar-refractivity contribution >= 4 is 0 Å². The summed E-state index contributed by atoms with van der Waals surface area (Å²) >= 11 is 0. The number of rotatable bonds is 0. The van der Waals surface area contributed by atoms with Crippen molar-refractivity contribution in [3.8, 4) is 0 Å². The van der Waals surface area contributed by atoms with Crippen molar-refractivity contribution in [3.63, 3.8) is 0 Å². The summed E-state index contributed by atoms with van der Waals surface area (Å²) in [4.78, 5) is 0. The van der Waals surface area contributed by atoms with Crippen LogP contribution in [0.2, 0.25) is 0 Å². The Kier molecular flexibility index (Phi) is 3.20. The second-order valence-corrected chi connectivity index (χ2v) is 7.76. The maximum atomic E-state index is 10.5. The lowest BCUT2D eigenvalue weighted by atomic mass is 9.60. The lowest BCUT2D eigenvalue weighted by Gasteiger charge is -2.52. The minimum Gasteiger partial charge on any atom is -0.393 e. The van der Waals surface area contributed by atoms with Crippen LogP contribution in [0.3, 0.4) is 0 Å². The van der Waals surface area contributed by atoms with Gasteiger partial charge in [-0.25, -0.2) is 0 Å². The first-order valence-electron chi connectivity index (χ1n) is 7.76. The molecule has 6 atom stereocenters. The number of nitrogens with two attached hydrogens (primary N) is 2. The minimum absolute atomic E-state index is 0.187. The zero-order valence-electron chi connectivity index (χ0n) is 11.8. The molecular formula is C15H29N2O+. The van der Waals surface area contributed by atoms with E-state index in [1.165, 1.54) is 32.1 Å². The van der Waals surface area contributed by atoms with Crippen molar-refractivity contribution in [2.45, 2.75) is 76.6 Å². The SMILES string of the molecule is CC1(C)CC(O)C2C(C1)[NH2+]C1CCCCC1C2N. The van der Waals surface area contributed by atoms with Crippen molar-refractivity contribution in [3.05, 3.63) is 0 Å². The smallest absolute Gasteiger partial charge is 0.0935 e. The summed E-state index contributed by atoms with van der Waals surface area (Å²) in [5.41, 5.74) is 6.82. The molecule has 3 fully saturated rings. The molecule has 104 valence electrons. The molecule has 3 heteroatoms. The van der Waals surface area contributed by atoms with Crippen LogP contribution >= 0.6 is 0 Å². The summed E-state index contributed by atoms with van der Waals surface area (Å²) in [6.07, 6.45) is 7.27. The quantitative estimate of drug-likeness (QED) is 0.592. The fraction of sp³-hybridized carbons (Fsp3) is 1.00. The Labute approximate surface area is 111 Å². The normalized spacial score (nSPS) is 51.3. The molecule has 0 spiro atoms. The van der Waals surface area contributed by atoms with Crippen LogP contribution in [0, 0.1) is 17.3 Å². The zero-order chi connectivity index (χ0) is 12.9. The van der Waals surface area contributed by atoms with Gasteiger partial charge in [0.1, 0.15) is 0 Å². The average Bonchev–Trinajstić information content (AvgIpc) is 2.26. The van der Waals surface area contributed by atoms with E-state index in [2.05, 4.69) is 19.2 Å². The van der Waals surface area contributed by atoms with Gasteiger partial charge in [0, 0.05) is 18.4 Å². The van der Waals surface area contributed by atoms with E-state index in [0.717, 1.165) is 12.5 Å². The number of quaternary nitrogens is 1. The summed E-state index contributed by atoms with van der Waals surface area (Å²) < 4.78 is 0. The van der Waals surface area contributed by atoms with E-state index in [0.29, 0.717) is 17.9 Å². The highest BCUT2D eigenvalue weighted by atomic mass is 16.3. The molecule has 0 aromatic heterocycles. The Morgan fingerprint density at radius 2 is 1.83 bits per heavy atom. The van der Waals surface area contributed by atoms with E-state index in [1.54, 1.807) is 0 Å². The molecular weight excluding hydrogens is 224 g/mol. The Bertz CT molecular complexity index is 318. The van der Waals surface area contributed by atoms with Crippen molar-refractivity contribution in [1.82, 2.24) is 0 Å². The molecule has 0 bridgehead atoms. The third-order valence-corrected chi connectivity index (χ3v) is 5.80. The number of fused-ring (bicyclic) bond motifs is 2. The molecule has 18 heavy (non-hydrogen) atoms. The highest BCUT2D eigenvalue weighted by Gasteiger charge is 2.53. The fourth-order valence-electron chi connectivity index (χ4n) is 5.09. The van der Waals surface area contributed by atoms with Gasteiger partial charge in [0.2, 0.25) is 0 Å². The van der Waals surface area contributed by atoms with Crippen LogP contribution in [0.1, 0.15) is 52.4 Å². The largest absolute Gasteiger partial charge is 0.393 e. The Morgan fingerprint density at radius 1 is 1.11 bits per heavy atom. The number of aliphatic hydroxyl groups excluding tert-OH is 1. The summed E-state index contributed by atoms with van der Waals surface area (Å²) in [7, 11) is 0. The summed E-state index contributed by atoms with van der Waals surface area (Å²) in [5.74, 6) is 0.980. The molecule has 3 aliphatic rings. The second kappa shape index (κ2) is 4.46. The van der Waals surface area contributed by atoms with Crippen LogP contribution in [0.5, 0.6) is 0 Å². The van der Waals surface area contributed by atoms with Gasteiger partial charge in [-0.2, -0.15) is 0 Å². The first-order valence-corrected chi connectivity index (χ1v) is 7.76. The summed E-state index contributed by atoms with van der Waals surface area (Å²) in [5, 5.41) is 13.1. The molecule has 2 saturated carbocycles. The zero-order valence-corrected chi connectivity index (χ0v) is 11.8. The first kappa shape index (κ1) is 12.9. The number of hydrogen-bond acceptors (Lipinski definition) is 2. The number of piperidine rings is 1. The molecule has 2 aliphatic carbocycles. The van der Waals surface area contributed by atoms with Gasteiger partial charge in [0.05, 0.1) is 24.1 Å². The molecule has 3 nitrogen and oxygen atoms in total.